The molecular formula is C19H24N6. The fourth-order valence-corrected chi connectivity index (χ4v) is 3.36. The SMILES string of the molecule is CC(C)c1cc(NC2CCCCC2)n2nc(-c3cccnc3)nc2n1. The van der Waals surface area contributed by atoms with E-state index < -0.39 is 0 Å². The molecule has 3 aromatic rings. The van der Waals surface area contributed by atoms with Gasteiger partial charge in [-0.2, -0.15) is 9.50 Å². The van der Waals surface area contributed by atoms with Crippen LogP contribution in [-0.2, 0) is 0 Å². The van der Waals surface area contributed by atoms with Gasteiger partial charge in [0.1, 0.15) is 5.82 Å². The predicted molar refractivity (Wildman–Crippen MR) is 98.6 cm³/mol. The van der Waals surface area contributed by atoms with E-state index in [2.05, 4.69) is 40.3 Å². The molecule has 0 aromatic carbocycles. The number of rotatable bonds is 4. The Kier molecular flexibility index (Phi) is 4.34. The number of anilines is 1. The molecule has 1 aliphatic rings. The standard InChI is InChI=1S/C19H24N6/c1-13(2)16-11-17(21-15-8-4-3-5-9-15)25-19(22-16)23-18(24-25)14-7-6-10-20-12-14/h6-7,10-13,15,21H,3-5,8-9H2,1-2H3. The van der Waals surface area contributed by atoms with Gasteiger partial charge in [-0.25, -0.2) is 4.98 Å². The average Bonchev–Trinajstić information content (AvgIpc) is 3.08. The van der Waals surface area contributed by atoms with Crippen molar-refractivity contribution in [3.8, 4) is 11.4 Å². The van der Waals surface area contributed by atoms with E-state index in [0.717, 1.165) is 17.1 Å². The lowest BCUT2D eigenvalue weighted by molar-refractivity contribution is 0.461. The topological polar surface area (TPSA) is 68.0 Å². The molecule has 0 spiro atoms. The number of pyridine rings is 1. The summed E-state index contributed by atoms with van der Waals surface area (Å²) in [5.74, 6) is 2.63. The van der Waals surface area contributed by atoms with E-state index >= 15 is 0 Å². The molecule has 3 heterocycles. The van der Waals surface area contributed by atoms with Gasteiger partial charge in [-0.3, -0.25) is 4.98 Å². The van der Waals surface area contributed by atoms with E-state index in [-0.39, 0.29) is 0 Å². The molecule has 1 saturated carbocycles. The van der Waals surface area contributed by atoms with Crippen molar-refractivity contribution in [3.05, 3.63) is 36.3 Å². The van der Waals surface area contributed by atoms with Crippen molar-refractivity contribution >= 4 is 11.6 Å². The van der Waals surface area contributed by atoms with E-state index in [4.69, 9.17) is 4.98 Å². The maximum atomic E-state index is 4.70. The van der Waals surface area contributed by atoms with Crippen molar-refractivity contribution in [2.75, 3.05) is 5.32 Å². The maximum absolute atomic E-state index is 4.70. The molecule has 0 unspecified atom stereocenters. The highest BCUT2D eigenvalue weighted by atomic mass is 15.4. The van der Waals surface area contributed by atoms with E-state index in [0.29, 0.717) is 23.6 Å². The van der Waals surface area contributed by atoms with Gasteiger partial charge < -0.3 is 5.32 Å². The molecule has 1 fully saturated rings. The van der Waals surface area contributed by atoms with Gasteiger partial charge in [-0.05, 0) is 30.9 Å². The number of nitrogens with one attached hydrogen (secondary N) is 1. The summed E-state index contributed by atoms with van der Waals surface area (Å²) in [6.07, 6.45) is 9.89. The van der Waals surface area contributed by atoms with Crippen LogP contribution in [0.3, 0.4) is 0 Å². The van der Waals surface area contributed by atoms with Crippen LogP contribution in [0.1, 0.15) is 57.6 Å². The number of aromatic nitrogens is 5. The minimum atomic E-state index is 0.343. The first kappa shape index (κ1) is 16.0. The molecule has 3 aromatic heterocycles. The molecular weight excluding hydrogens is 312 g/mol. The summed E-state index contributed by atoms with van der Waals surface area (Å²) in [4.78, 5) is 13.5. The van der Waals surface area contributed by atoms with Gasteiger partial charge in [0.25, 0.3) is 5.78 Å². The summed E-state index contributed by atoms with van der Waals surface area (Å²) in [5, 5.41) is 8.38. The molecule has 0 saturated heterocycles. The van der Waals surface area contributed by atoms with E-state index in [1.165, 1.54) is 32.1 Å². The molecule has 0 bridgehead atoms. The van der Waals surface area contributed by atoms with Gasteiger partial charge >= 0.3 is 0 Å². The number of hydrogen-bond donors (Lipinski definition) is 1. The first-order valence-corrected chi connectivity index (χ1v) is 9.15. The molecule has 130 valence electrons. The quantitative estimate of drug-likeness (QED) is 0.778. The molecule has 1 aliphatic carbocycles. The van der Waals surface area contributed by atoms with E-state index in [1.54, 1.807) is 12.4 Å². The van der Waals surface area contributed by atoms with Crippen molar-refractivity contribution in [2.24, 2.45) is 0 Å². The summed E-state index contributed by atoms with van der Waals surface area (Å²) >= 11 is 0. The Hall–Kier alpha value is -2.50. The third kappa shape index (κ3) is 3.34. The van der Waals surface area contributed by atoms with Crippen molar-refractivity contribution in [1.29, 1.82) is 0 Å². The predicted octanol–water partition coefficient (Wildman–Crippen LogP) is 4.05. The second kappa shape index (κ2) is 6.78. The lowest BCUT2D eigenvalue weighted by Gasteiger charge is -2.24. The first-order valence-electron chi connectivity index (χ1n) is 9.15. The summed E-state index contributed by atoms with van der Waals surface area (Å²) < 4.78 is 1.84. The Labute approximate surface area is 147 Å². The van der Waals surface area contributed by atoms with Crippen LogP contribution in [0.15, 0.2) is 30.6 Å². The largest absolute Gasteiger partial charge is 0.367 e. The Balaban J connectivity index is 1.77. The molecule has 4 rings (SSSR count). The van der Waals surface area contributed by atoms with Crippen LogP contribution in [-0.4, -0.2) is 30.6 Å². The van der Waals surface area contributed by atoms with Crippen molar-refractivity contribution in [3.63, 3.8) is 0 Å². The number of nitrogens with zero attached hydrogens (tertiary/aromatic N) is 5. The number of hydrogen-bond acceptors (Lipinski definition) is 5. The Morgan fingerprint density at radius 1 is 1.16 bits per heavy atom. The van der Waals surface area contributed by atoms with Crippen LogP contribution in [0.5, 0.6) is 0 Å². The van der Waals surface area contributed by atoms with E-state index in [1.807, 2.05) is 16.6 Å². The van der Waals surface area contributed by atoms with Crippen LogP contribution < -0.4 is 5.32 Å². The van der Waals surface area contributed by atoms with Crippen molar-refractivity contribution in [1.82, 2.24) is 24.6 Å². The fourth-order valence-electron chi connectivity index (χ4n) is 3.36. The first-order chi connectivity index (χ1) is 12.2. The Morgan fingerprint density at radius 2 is 2.00 bits per heavy atom. The van der Waals surface area contributed by atoms with Gasteiger partial charge in [-0.1, -0.05) is 33.1 Å². The smallest absolute Gasteiger partial charge is 0.254 e. The normalized spacial score (nSPS) is 15.8. The summed E-state index contributed by atoms with van der Waals surface area (Å²) in [6, 6.07) is 6.49. The molecule has 25 heavy (non-hydrogen) atoms. The minimum Gasteiger partial charge on any atom is -0.367 e. The zero-order chi connectivity index (χ0) is 17.2. The molecule has 0 amide bonds. The highest BCUT2D eigenvalue weighted by Gasteiger charge is 2.18. The second-order valence-corrected chi connectivity index (χ2v) is 7.09. The van der Waals surface area contributed by atoms with Crippen LogP contribution in [0.2, 0.25) is 0 Å². The summed E-state index contributed by atoms with van der Waals surface area (Å²) in [7, 11) is 0. The average molecular weight is 336 g/mol. The van der Waals surface area contributed by atoms with Gasteiger partial charge in [-0.15, -0.1) is 5.10 Å². The van der Waals surface area contributed by atoms with Crippen molar-refractivity contribution in [2.45, 2.75) is 57.9 Å². The highest BCUT2D eigenvalue weighted by molar-refractivity contribution is 5.57. The van der Waals surface area contributed by atoms with E-state index in [9.17, 15) is 0 Å². The zero-order valence-electron chi connectivity index (χ0n) is 14.8. The van der Waals surface area contributed by atoms with Gasteiger partial charge in [0.05, 0.1) is 5.69 Å². The molecule has 6 heteroatoms. The second-order valence-electron chi connectivity index (χ2n) is 7.09. The van der Waals surface area contributed by atoms with Gasteiger partial charge in [0.2, 0.25) is 0 Å². The van der Waals surface area contributed by atoms with Crippen LogP contribution in [0.25, 0.3) is 17.2 Å². The molecule has 6 nitrogen and oxygen atoms in total. The van der Waals surface area contributed by atoms with Gasteiger partial charge in [0, 0.05) is 30.1 Å². The third-order valence-electron chi connectivity index (χ3n) is 4.80. The monoisotopic (exact) mass is 336 g/mol. The number of fused-ring (bicyclic) bond motifs is 1. The maximum Gasteiger partial charge on any atom is 0.254 e. The van der Waals surface area contributed by atoms with Gasteiger partial charge in [0.15, 0.2) is 5.82 Å². The third-order valence-corrected chi connectivity index (χ3v) is 4.80. The molecule has 0 radical (unpaired) electrons. The fraction of sp³-hybridized carbons (Fsp3) is 0.474. The van der Waals surface area contributed by atoms with Crippen LogP contribution in [0.4, 0.5) is 5.82 Å². The highest BCUT2D eigenvalue weighted by Crippen LogP contribution is 2.25. The molecule has 0 atom stereocenters. The minimum absolute atomic E-state index is 0.343. The van der Waals surface area contributed by atoms with Crippen LogP contribution in [0, 0.1) is 0 Å². The molecule has 0 aliphatic heterocycles. The summed E-state index contributed by atoms with van der Waals surface area (Å²) in [5.41, 5.74) is 1.94. The lowest BCUT2D eigenvalue weighted by Crippen LogP contribution is -2.24. The Morgan fingerprint density at radius 3 is 2.72 bits per heavy atom. The zero-order valence-corrected chi connectivity index (χ0v) is 14.8. The Bertz CT molecular complexity index is 849. The molecule has 1 N–H and O–H groups in total. The lowest BCUT2D eigenvalue weighted by atomic mass is 9.95. The van der Waals surface area contributed by atoms with Crippen LogP contribution >= 0.6 is 0 Å². The summed E-state index contributed by atoms with van der Waals surface area (Å²) in [6.45, 7) is 4.31. The van der Waals surface area contributed by atoms with Crippen molar-refractivity contribution < 1.29 is 0 Å².